The van der Waals surface area contributed by atoms with E-state index in [0.29, 0.717) is 12.2 Å². The third kappa shape index (κ3) is 4.24. The summed E-state index contributed by atoms with van der Waals surface area (Å²) in [7, 11) is 0. The standard InChI is InChI=1S/C27H24N4O3/c32-18-24-26(21-12-10-19(11-13-21)8-9-20-5-4-14-28-15-20)23-16-30(17-25(33)31(23)24)27(34)29-22-6-2-1-3-7-22/h1-7,10-15,23-24,26,32H,16-18H2,(H,29,34)/t23-,24+,26-/m0/s1. The lowest BCUT2D eigenvalue weighted by Crippen LogP contribution is -2.73. The molecule has 170 valence electrons. The summed E-state index contributed by atoms with van der Waals surface area (Å²) >= 11 is 0. The Bertz CT molecular complexity index is 1240. The number of carbonyl (C=O) groups excluding carboxylic acids is 2. The number of benzene rings is 2. The number of fused-ring (bicyclic) bond motifs is 1. The molecule has 2 fully saturated rings. The second-order valence-corrected chi connectivity index (χ2v) is 8.43. The smallest absolute Gasteiger partial charge is 0.322 e. The first kappa shape index (κ1) is 21.7. The quantitative estimate of drug-likeness (QED) is 0.599. The van der Waals surface area contributed by atoms with E-state index in [9.17, 15) is 14.7 Å². The molecule has 5 rings (SSSR count). The van der Waals surface area contributed by atoms with E-state index in [1.54, 1.807) is 22.2 Å². The van der Waals surface area contributed by atoms with E-state index in [2.05, 4.69) is 22.1 Å². The van der Waals surface area contributed by atoms with Crippen LogP contribution in [0.2, 0.25) is 0 Å². The third-order valence-corrected chi connectivity index (χ3v) is 6.37. The molecular weight excluding hydrogens is 428 g/mol. The number of nitrogens with one attached hydrogen (secondary N) is 1. The molecule has 1 aromatic heterocycles. The fourth-order valence-corrected chi connectivity index (χ4v) is 4.75. The van der Waals surface area contributed by atoms with Crippen molar-refractivity contribution in [1.29, 1.82) is 0 Å². The summed E-state index contributed by atoms with van der Waals surface area (Å²) < 4.78 is 0. The Morgan fingerprint density at radius 2 is 1.79 bits per heavy atom. The lowest BCUT2D eigenvalue weighted by Gasteiger charge is -2.58. The fourth-order valence-electron chi connectivity index (χ4n) is 4.75. The summed E-state index contributed by atoms with van der Waals surface area (Å²) in [5.74, 6) is 6.02. The number of piperazine rings is 1. The van der Waals surface area contributed by atoms with Crippen LogP contribution < -0.4 is 5.32 Å². The number of aliphatic hydroxyl groups excluding tert-OH is 1. The molecule has 3 heterocycles. The Hall–Kier alpha value is -4.15. The second kappa shape index (κ2) is 9.38. The molecule has 0 bridgehead atoms. The zero-order valence-corrected chi connectivity index (χ0v) is 18.5. The van der Waals surface area contributed by atoms with Crippen molar-refractivity contribution < 1.29 is 14.7 Å². The van der Waals surface area contributed by atoms with Crippen molar-refractivity contribution in [1.82, 2.24) is 14.8 Å². The summed E-state index contributed by atoms with van der Waals surface area (Å²) in [5.41, 5.74) is 3.41. The summed E-state index contributed by atoms with van der Waals surface area (Å²) in [6.45, 7) is 0.293. The maximum absolute atomic E-state index is 12.8. The molecule has 0 spiro atoms. The van der Waals surface area contributed by atoms with Gasteiger partial charge in [-0.15, -0.1) is 0 Å². The maximum Gasteiger partial charge on any atom is 0.322 e. The van der Waals surface area contributed by atoms with Crippen LogP contribution in [0.15, 0.2) is 79.1 Å². The Morgan fingerprint density at radius 1 is 1.03 bits per heavy atom. The highest BCUT2D eigenvalue weighted by Crippen LogP contribution is 2.43. The number of pyridine rings is 1. The van der Waals surface area contributed by atoms with Crippen LogP contribution >= 0.6 is 0 Å². The third-order valence-electron chi connectivity index (χ3n) is 6.37. The molecule has 7 nitrogen and oxygen atoms in total. The van der Waals surface area contributed by atoms with E-state index >= 15 is 0 Å². The van der Waals surface area contributed by atoms with Crippen LogP contribution in [0.25, 0.3) is 0 Å². The summed E-state index contributed by atoms with van der Waals surface area (Å²) in [6.07, 6.45) is 3.43. The van der Waals surface area contributed by atoms with Crippen LogP contribution in [-0.2, 0) is 4.79 Å². The van der Waals surface area contributed by atoms with E-state index in [4.69, 9.17) is 0 Å². The van der Waals surface area contributed by atoms with Crippen molar-refractivity contribution in [2.45, 2.75) is 18.0 Å². The van der Waals surface area contributed by atoms with Crippen molar-refractivity contribution in [2.75, 3.05) is 25.0 Å². The topological polar surface area (TPSA) is 85.8 Å². The molecule has 2 N–H and O–H groups in total. The molecular formula is C27H24N4O3. The Labute approximate surface area is 198 Å². The minimum absolute atomic E-state index is 0.00125. The van der Waals surface area contributed by atoms with Crippen molar-refractivity contribution in [3.8, 4) is 11.8 Å². The van der Waals surface area contributed by atoms with Gasteiger partial charge in [-0.05, 0) is 42.0 Å². The minimum Gasteiger partial charge on any atom is -0.394 e. The first-order valence-corrected chi connectivity index (χ1v) is 11.2. The Morgan fingerprint density at radius 3 is 2.50 bits per heavy atom. The van der Waals surface area contributed by atoms with E-state index in [1.165, 1.54) is 0 Å². The highest BCUT2D eigenvalue weighted by molar-refractivity contribution is 5.93. The van der Waals surface area contributed by atoms with Gasteiger partial charge in [-0.25, -0.2) is 4.79 Å². The van der Waals surface area contributed by atoms with Gasteiger partial charge in [0.2, 0.25) is 5.91 Å². The van der Waals surface area contributed by atoms with Gasteiger partial charge in [-0.1, -0.05) is 42.2 Å². The molecule has 0 saturated carbocycles. The van der Waals surface area contributed by atoms with Gasteiger partial charge in [-0.3, -0.25) is 9.78 Å². The maximum atomic E-state index is 12.8. The van der Waals surface area contributed by atoms with Crippen LogP contribution in [0.3, 0.4) is 0 Å². The molecule has 2 aliphatic rings. The molecule has 0 aliphatic carbocycles. The molecule has 3 atom stereocenters. The molecule has 0 unspecified atom stereocenters. The Kier molecular flexibility index (Phi) is 5.98. The normalized spacial score (nSPS) is 21.1. The first-order valence-electron chi connectivity index (χ1n) is 11.2. The predicted octanol–water partition coefficient (Wildman–Crippen LogP) is 2.68. The fraction of sp³-hybridized carbons (Fsp3) is 0.222. The van der Waals surface area contributed by atoms with Crippen molar-refractivity contribution in [2.24, 2.45) is 0 Å². The van der Waals surface area contributed by atoms with Gasteiger partial charge in [0.1, 0.15) is 6.54 Å². The van der Waals surface area contributed by atoms with Gasteiger partial charge < -0.3 is 20.2 Å². The van der Waals surface area contributed by atoms with Gasteiger partial charge in [0.05, 0.1) is 18.7 Å². The first-order chi connectivity index (χ1) is 16.6. The van der Waals surface area contributed by atoms with Gasteiger partial charge in [0.15, 0.2) is 0 Å². The molecule has 7 heteroatoms. The van der Waals surface area contributed by atoms with Crippen LogP contribution in [0, 0.1) is 11.8 Å². The van der Waals surface area contributed by atoms with Crippen LogP contribution in [0.4, 0.5) is 10.5 Å². The highest BCUT2D eigenvalue weighted by Gasteiger charge is 2.54. The molecule has 2 aliphatic heterocycles. The monoisotopic (exact) mass is 452 g/mol. The van der Waals surface area contributed by atoms with E-state index in [1.807, 2.05) is 66.7 Å². The van der Waals surface area contributed by atoms with Crippen LogP contribution in [0.1, 0.15) is 22.6 Å². The predicted molar refractivity (Wildman–Crippen MR) is 128 cm³/mol. The number of para-hydroxylation sites is 1. The van der Waals surface area contributed by atoms with Crippen molar-refractivity contribution >= 4 is 17.6 Å². The number of carbonyl (C=O) groups is 2. The lowest BCUT2D eigenvalue weighted by molar-refractivity contribution is -0.159. The lowest BCUT2D eigenvalue weighted by atomic mass is 9.73. The average Bonchev–Trinajstić information content (AvgIpc) is 2.86. The zero-order valence-electron chi connectivity index (χ0n) is 18.5. The Balaban J connectivity index is 1.31. The van der Waals surface area contributed by atoms with Gasteiger partial charge in [-0.2, -0.15) is 0 Å². The number of aliphatic hydroxyl groups is 1. The van der Waals surface area contributed by atoms with Gasteiger partial charge in [0, 0.05) is 41.7 Å². The number of urea groups is 1. The number of hydrogen-bond acceptors (Lipinski definition) is 4. The number of aromatic nitrogens is 1. The SMILES string of the molecule is O=C(Nc1ccccc1)N1CC(=O)N2[C@H](CO)[C@@H](c3ccc(C#Cc4cccnc4)cc3)[C@@H]2C1. The summed E-state index contributed by atoms with van der Waals surface area (Å²) in [5, 5.41) is 12.8. The van der Waals surface area contributed by atoms with Crippen LogP contribution in [0.5, 0.6) is 0 Å². The number of nitrogens with zero attached hydrogens (tertiary/aromatic N) is 3. The molecule has 34 heavy (non-hydrogen) atoms. The minimum atomic E-state index is -0.300. The van der Waals surface area contributed by atoms with Crippen molar-refractivity contribution in [3.63, 3.8) is 0 Å². The molecule has 3 aromatic rings. The highest BCUT2D eigenvalue weighted by atomic mass is 16.3. The van der Waals surface area contributed by atoms with Gasteiger partial charge in [0.25, 0.3) is 0 Å². The second-order valence-electron chi connectivity index (χ2n) is 8.43. The molecule has 0 radical (unpaired) electrons. The van der Waals surface area contributed by atoms with Gasteiger partial charge >= 0.3 is 6.03 Å². The number of anilines is 1. The van der Waals surface area contributed by atoms with E-state index in [0.717, 1.165) is 16.7 Å². The van der Waals surface area contributed by atoms with Crippen molar-refractivity contribution in [3.05, 3.63) is 95.8 Å². The largest absolute Gasteiger partial charge is 0.394 e. The number of hydrogen-bond donors (Lipinski definition) is 2. The molecule has 2 aromatic carbocycles. The number of amides is 3. The zero-order chi connectivity index (χ0) is 23.5. The van der Waals surface area contributed by atoms with E-state index in [-0.39, 0.29) is 43.1 Å². The summed E-state index contributed by atoms with van der Waals surface area (Å²) in [4.78, 5) is 32.9. The summed E-state index contributed by atoms with van der Waals surface area (Å²) in [6, 6.07) is 20.0. The van der Waals surface area contributed by atoms with E-state index < -0.39 is 0 Å². The molecule has 3 amide bonds. The average molecular weight is 453 g/mol. The molecule has 2 saturated heterocycles. The number of rotatable bonds is 3. The van der Waals surface area contributed by atoms with Crippen LogP contribution in [-0.4, -0.2) is 63.6 Å².